The number of nitrogens with zero attached hydrogens (tertiary/aromatic N) is 3. The lowest BCUT2D eigenvalue weighted by atomic mass is 10.1. The van der Waals surface area contributed by atoms with Crippen LogP contribution in [-0.4, -0.2) is 76.5 Å². The summed E-state index contributed by atoms with van der Waals surface area (Å²) in [5, 5.41) is 3.39. The van der Waals surface area contributed by atoms with Crippen molar-refractivity contribution in [2.75, 3.05) is 51.8 Å². The zero-order chi connectivity index (χ0) is 20.9. The molecule has 3 rings (SSSR count). The Morgan fingerprint density at radius 1 is 1.17 bits per heavy atom. The van der Waals surface area contributed by atoms with Crippen molar-refractivity contribution in [2.24, 2.45) is 4.99 Å². The van der Waals surface area contributed by atoms with Crippen LogP contribution in [0, 0.1) is 0 Å². The molecule has 29 heavy (non-hydrogen) atoms. The van der Waals surface area contributed by atoms with Crippen molar-refractivity contribution in [1.82, 2.24) is 15.1 Å². The molecular formula is C21H34N4O3S. The highest BCUT2D eigenvalue weighted by Crippen LogP contribution is 2.32. The molecule has 7 nitrogen and oxygen atoms in total. The molecule has 162 valence electrons. The fourth-order valence-electron chi connectivity index (χ4n) is 3.38. The molecule has 0 saturated carbocycles. The van der Waals surface area contributed by atoms with Gasteiger partial charge in [0.25, 0.3) is 0 Å². The maximum atomic E-state index is 12.3. The molecule has 1 atom stereocenters. The average molecular weight is 423 g/mol. The molecule has 0 amide bonds. The molecular weight excluding hydrogens is 388 g/mol. The summed E-state index contributed by atoms with van der Waals surface area (Å²) in [5.41, 5.74) is 1.24. The lowest BCUT2D eigenvalue weighted by molar-refractivity contribution is 0.171. The zero-order valence-electron chi connectivity index (χ0n) is 18.1. The third kappa shape index (κ3) is 6.09. The monoisotopic (exact) mass is 422 g/mol. The van der Waals surface area contributed by atoms with Crippen molar-refractivity contribution < 1.29 is 13.7 Å². The van der Waals surface area contributed by atoms with E-state index in [0.29, 0.717) is 19.1 Å². The third-order valence-corrected chi connectivity index (χ3v) is 6.99. The molecule has 0 radical (unpaired) electrons. The first-order chi connectivity index (χ1) is 13.9. The number of hydrogen-bond acceptors (Lipinski definition) is 5. The van der Waals surface area contributed by atoms with E-state index in [1.54, 1.807) is 0 Å². The summed E-state index contributed by atoms with van der Waals surface area (Å²) < 4.78 is 22.9. The van der Waals surface area contributed by atoms with Gasteiger partial charge in [0.2, 0.25) is 6.79 Å². The van der Waals surface area contributed by atoms with Crippen molar-refractivity contribution in [2.45, 2.75) is 39.0 Å². The second-order valence-corrected chi connectivity index (χ2v) is 10.7. The van der Waals surface area contributed by atoms with Gasteiger partial charge in [0.05, 0.1) is 6.54 Å². The number of fused-ring (bicyclic) bond motifs is 1. The number of hydrogen-bond donors (Lipinski definition) is 1. The zero-order valence-corrected chi connectivity index (χ0v) is 18.9. The van der Waals surface area contributed by atoms with Gasteiger partial charge in [-0.15, -0.1) is 0 Å². The number of rotatable bonds is 6. The van der Waals surface area contributed by atoms with E-state index < -0.39 is 10.8 Å². The molecule has 1 N–H and O–H groups in total. The molecule has 1 unspecified atom stereocenters. The van der Waals surface area contributed by atoms with Crippen molar-refractivity contribution in [3.05, 3.63) is 23.8 Å². The second kappa shape index (κ2) is 9.80. The predicted octanol–water partition coefficient (Wildman–Crippen LogP) is 2.05. The van der Waals surface area contributed by atoms with Crippen LogP contribution < -0.4 is 14.8 Å². The molecule has 0 spiro atoms. The van der Waals surface area contributed by atoms with Gasteiger partial charge in [0, 0.05) is 60.6 Å². The van der Waals surface area contributed by atoms with Crippen molar-refractivity contribution in [1.29, 1.82) is 0 Å². The van der Waals surface area contributed by atoms with Crippen molar-refractivity contribution in [3.63, 3.8) is 0 Å². The Balaban J connectivity index is 1.50. The molecule has 1 aromatic rings. The van der Waals surface area contributed by atoms with Gasteiger partial charge in [0.1, 0.15) is 0 Å². The van der Waals surface area contributed by atoms with E-state index in [4.69, 9.17) is 14.5 Å². The Bertz CT molecular complexity index is 740. The number of benzene rings is 1. The molecule has 1 fully saturated rings. The maximum absolute atomic E-state index is 12.3. The Kier molecular flexibility index (Phi) is 7.40. The standard InChI is InChI=1S/C21H34N4O3S/c1-5-22-20(23-8-13-29(26)21(2,3)4)25-11-9-24(10-12-25)15-17-6-7-18-19(14-17)28-16-27-18/h6-7,14H,5,8-13,15-16H2,1-4H3,(H,22,23). The lowest BCUT2D eigenvalue weighted by Crippen LogP contribution is -2.52. The van der Waals surface area contributed by atoms with Crippen molar-refractivity contribution >= 4 is 16.8 Å². The minimum atomic E-state index is -0.872. The van der Waals surface area contributed by atoms with E-state index in [2.05, 4.69) is 34.2 Å². The molecule has 1 aromatic carbocycles. The first-order valence-electron chi connectivity index (χ1n) is 10.4. The number of nitrogens with one attached hydrogen (secondary N) is 1. The van der Waals surface area contributed by atoms with Gasteiger partial charge in [-0.3, -0.25) is 14.1 Å². The van der Waals surface area contributed by atoms with Crippen molar-refractivity contribution in [3.8, 4) is 11.5 Å². The molecule has 0 aliphatic carbocycles. The topological polar surface area (TPSA) is 66.4 Å². The first-order valence-corrected chi connectivity index (χ1v) is 11.7. The fourth-order valence-corrected chi connectivity index (χ4v) is 4.25. The van der Waals surface area contributed by atoms with E-state index in [1.165, 1.54) is 5.56 Å². The van der Waals surface area contributed by atoms with Crippen LogP contribution in [0.5, 0.6) is 11.5 Å². The number of ether oxygens (including phenoxy) is 2. The van der Waals surface area contributed by atoms with Crippen LogP contribution in [0.1, 0.15) is 33.3 Å². The smallest absolute Gasteiger partial charge is 0.231 e. The summed E-state index contributed by atoms with van der Waals surface area (Å²) in [6.45, 7) is 14.6. The summed E-state index contributed by atoms with van der Waals surface area (Å²) >= 11 is 0. The highest BCUT2D eigenvalue weighted by molar-refractivity contribution is 7.86. The highest BCUT2D eigenvalue weighted by Gasteiger charge is 2.22. The van der Waals surface area contributed by atoms with E-state index in [-0.39, 0.29) is 4.75 Å². The number of piperazine rings is 1. The minimum absolute atomic E-state index is 0.186. The van der Waals surface area contributed by atoms with E-state index in [1.807, 2.05) is 26.8 Å². The lowest BCUT2D eigenvalue weighted by Gasteiger charge is -2.36. The van der Waals surface area contributed by atoms with Gasteiger partial charge >= 0.3 is 0 Å². The Morgan fingerprint density at radius 3 is 2.59 bits per heavy atom. The Hall–Kier alpha value is -1.80. The summed E-state index contributed by atoms with van der Waals surface area (Å²) in [6, 6.07) is 6.18. The molecule has 1 saturated heterocycles. The van der Waals surface area contributed by atoms with Crippen LogP contribution in [0.3, 0.4) is 0 Å². The highest BCUT2D eigenvalue weighted by atomic mass is 32.2. The van der Waals surface area contributed by atoms with E-state index in [0.717, 1.165) is 56.7 Å². The van der Waals surface area contributed by atoms with Crippen LogP contribution in [0.15, 0.2) is 23.2 Å². The van der Waals surface area contributed by atoms with Gasteiger partial charge in [-0.25, -0.2) is 0 Å². The summed E-state index contributed by atoms with van der Waals surface area (Å²) in [5.74, 6) is 3.21. The van der Waals surface area contributed by atoms with E-state index >= 15 is 0 Å². The van der Waals surface area contributed by atoms with Gasteiger partial charge in [-0.2, -0.15) is 0 Å². The van der Waals surface area contributed by atoms with Gasteiger partial charge in [-0.05, 0) is 45.4 Å². The Labute approximate surface area is 176 Å². The largest absolute Gasteiger partial charge is 0.454 e. The quantitative estimate of drug-likeness (QED) is 0.559. The fraction of sp³-hybridized carbons (Fsp3) is 0.667. The number of guanidine groups is 1. The molecule has 2 aliphatic heterocycles. The Morgan fingerprint density at radius 2 is 1.90 bits per heavy atom. The summed E-state index contributed by atoms with van der Waals surface area (Å²) in [7, 11) is -0.872. The van der Waals surface area contributed by atoms with Crippen LogP contribution in [0.4, 0.5) is 0 Å². The third-order valence-electron chi connectivity index (χ3n) is 5.07. The SMILES string of the molecule is CCNC(=NCCS(=O)C(C)(C)C)N1CCN(Cc2ccc3c(c2)OCO3)CC1. The molecule has 0 bridgehead atoms. The van der Waals surface area contributed by atoms with Gasteiger partial charge in [0.15, 0.2) is 17.5 Å². The molecule has 0 aromatic heterocycles. The average Bonchev–Trinajstić information content (AvgIpc) is 3.15. The second-order valence-electron chi connectivity index (χ2n) is 8.35. The van der Waals surface area contributed by atoms with Crippen LogP contribution >= 0.6 is 0 Å². The van der Waals surface area contributed by atoms with E-state index in [9.17, 15) is 4.21 Å². The predicted molar refractivity (Wildman–Crippen MR) is 118 cm³/mol. The normalized spacial score (nSPS) is 18.8. The number of aliphatic imine (C=N–C) groups is 1. The van der Waals surface area contributed by atoms with Gasteiger partial charge < -0.3 is 19.7 Å². The van der Waals surface area contributed by atoms with Gasteiger partial charge in [-0.1, -0.05) is 6.07 Å². The minimum Gasteiger partial charge on any atom is -0.454 e. The molecule has 2 aliphatic rings. The van der Waals surface area contributed by atoms with Crippen LogP contribution in [-0.2, 0) is 17.3 Å². The maximum Gasteiger partial charge on any atom is 0.231 e. The van der Waals surface area contributed by atoms with Crippen LogP contribution in [0.25, 0.3) is 0 Å². The summed E-state index contributed by atoms with van der Waals surface area (Å²) in [6.07, 6.45) is 0. The van der Waals surface area contributed by atoms with Crippen LogP contribution in [0.2, 0.25) is 0 Å². The summed E-state index contributed by atoms with van der Waals surface area (Å²) in [4.78, 5) is 9.48. The first kappa shape index (κ1) is 21.9. The molecule has 8 heteroatoms. The molecule has 2 heterocycles.